The first-order chi connectivity index (χ1) is 15.2. The van der Waals surface area contributed by atoms with E-state index in [1.54, 1.807) is 30.3 Å². The summed E-state index contributed by atoms with van der Waals surface area (Å²) in [4.78, 5) is 24.3. The number of halogens is 3. The van der Waals surface area contributed by atoms with Crippen LogP contribution in [0.1, 0.15) is 27.0 Å². The highest BCUT2D eigenvalue weighted by Gasteiger charge is 2.34. The minimum Gasteiger partial charge on any atom is -0.376 e. The predicted octanol–water partition coefficient (Wildman–Crippen LogP) is 4.99. The smallest absolute Gasteiger partial charge is 0.376 e. The Morgan fingerprint density at radius 1 is 0.906 bits per heavy atom. The molecule has 0 radical (unpaired) electrons. The van der Waals surface area contributed by atoms with Crippen LogP contribution in [-0.2, 0) is 17.5 Å². The third-order valence-corrected chi connectivity index (χ3v) is 4.63. The molecule has 3 aromatic carbocycles. The number of benzene rings is 3. The third-order valence-electron chi connectivity index (χ3n) is 4.63. The average molecular weight is 441 g/mol. The molecule has 3 aromatic rings. The number of hydrogen-bond donors (Lipinski definition) is 3. The molecule has 0 aliphatic carbocycles. The van der Waals surface area contributed by atoms with Crippen LogP contribution in [0, 0.1) is 6.92 Å². The number of carbonyl (C=O) groups excluding carboxylic acids is 2. The van der Waals surface area contributed by atoms with E-state index in [2.05, 4.69) is 16.0 Å². The van der Waals surface area contributed by atoms with Gasteiger partial charge in [0.15, 0.2) is 0 Å². The molecule has 0 spiro atoms. The molecule has 166 valence electrons. The van der Waals surface area contributed by atoms with Gasteiger partial charge in [-0.2, -0.15) is 13.2 Å². The van der Waals surface area contributed by atoms with Gasteiger partial charge >= 0.3 is 6.18 Å². The maximum absolute atomic E-state index is 13.6. The molecule has 2 amide bonds. The number of nitrogens with one attached hydrogen (secondary N) is 3. The van der Waals surface area contributed by atoms with Crippen LogP contribution in [0.25, 0.3) is 0 Å². The van der Waals surface area contributed by atoms with E-state index in [-0.39, 0.29) is 24.5 Å². The third kappa shape index (κ3) is 6.34. The minimum atomic E-state index is -4.67. The van der Waals surface area contributed by atoms with Gasteiger partial charge < -0.3 is 16.0 Å². The van der Waals surface area contributed by atoms with Gasteiger partial charge in [-0.3, -0.25) is 9.59 Å². The van der Waals surface area contributed by atoms with Gasteiger partial charge in [-0.05, 0) is 42.8 Å². The van der Waals surface area contributed by atoms with Gasteiger partial charge in [0.25, 0.3) is 5.91 Å². The largest absolute Gasteiger partial charge is 0.418 e. The maximum atomic E-state index is 13.6. The van der Waals surface area contributed by atoms with Gasteiger partial charge in [-0.1, -0.05) is 48.0 Å². The first kappa shape index (κ1) is 22.9. The number of hydrogen-bond acceptors (Lipinski definition) is 3. The summed E-state index contributed by atoms with van der Waals surface area (Å²) in [6.45, 7) is 1.88. The lowest BCUT2D eigenvalue weighted by molar-refractivity contribution is -0.137. The van der Waals surface area contributed by atoms with Gasteiger partial charge in [0.05, 0.1) is 12.1 Å². The molecule has 0 aromatic heterocycles. The number of amides is 2. The molecule has 0 bridgehead atoms. The lowest BCUT2D eigenvalue weighted by Crippen LogP contribution is -2.30. The average Bonchev–Trinajstić information content (AvgIpc) is 2.76. The second-order valence-corrected chi connectivity index (χ2v) is 7.20. The van der Waals surface area contributed by atoms with Gasteiger partial charge in [-0.15, -0.1) is 0 Å². The van der Waals surface area contributed by atoms with Gasteiger partial charge in [-0.25, -0.2) is 0 Å². The van der Waals surface area contributed by atoms with Crippen molar-refractivity contribution >= 4 is 23.2 Å². The normalized spacial score (nSPS) is 11.0. The van der Waals surface area contributed by atoms with E-state index in [1.807, 2.05) is 31.2 Å². The van der Waals surface area contributed by atoms with Crippen LogP contribution in [-0.4, -0.2) is 18.4 Å². The fraction of sp³-hybridized carbons (Fsp3) is 0.167. The van der Waals surface area contributed by atoms with Crippen LogP contribution >= 0.6 is 0 Å². The Morgan fingerprint density at radius 3 is 2.34 bits per heavy atom. The molecular formula is C24H22F3N3O2. The van der Waals surface area contributed by atoms with Crippen molar-refractivity contribution in [3.63, 3.8) is 0 Å². The Kier molecular flexibility index (Phi) is 7.14. The summed E-state index contributed by atoms with van der Waals surface area (Å²) < 4.78 is 40.7. The molecule has 3 N–H and O–H groups in total. The van der Waals surface area contributed by atoms with Crippen LogP contribution in [0.5, 0.6) is 0 Å². The Bertz CT molecular complexity index is 1100. The molecule has 0 aliphatic rings. The molecule has 0 saturated carbocycles. The summed E-state index contributed by atoms with van der Waals surface area (Å²) in [5.74, 6) is -0.962. The van der Waals surface area contributed by atoms with E-state index < -0.39 is 23.6 Å². The highest BCUT2D eigenvalue weighted by molar-refractivity contribution is 6.04. The quantitative estimate of drug-likeness (QED) is 0.484. The van der Waals surface area contributed by atoms with Crippen LogP contribution in [0.3, 0.4) is 0 Å². The molecule has 0 unspecified atom stereocenters. The molecular weight excluding hydrogens is 419 g/mol. The highest BCUT2D eigenvalue weighted by atomic mass is 19.4. The van der Waals surface area contributed by atoms with E-state index in [0.717, 1.165) is 17.2 Å². The van der Waals surface area contributed by atoms with E-state index in [4.69, 9.17) is 0 Å². The summed E-state index contributed by atoms with van der Waals surface area (Å²) in [5.41, 5.74) is 1.04. The lowest BCUT2D eigenvalue weighted by Gasteiger charge is -2.16. The first-order valence-electron chi connectivity index (χ1n) is 9.86. The summed E-state index contributed by atoms with van der Waals surface area (Å²) in [6, 6.07) is 19.1. The number of rotatable bonds is 7. The molecule has 5 nitrogen and oxygen atoms in total. The molecule has 0 atom stereocenters. The van der Waals surface area contributed by atoms with Gasteiger partial charge in [0, 0.05) is 23.5 Å². The molecule has 32 heavy (non-hydrogen) atoms. The molecule has 0 heterocycles. The Morgan fingerprint density at radius 2 is 1.66 bits per heavy atom. The lowest BCUT2D eigenvalue weighted by atomic mass is 10.1. The zero-order valence-electron chi connectivity index (χ0n) is 17.3. The summed E-state index contributed by atoms with van der Waals surface area (Å²) in [7, 11) is 0. The predicted molar refractivity (Wildman–Crippen MR) is 117 cm³/mol. The van der Waals surface area contributed by atoms with Gasteiger partial charge in [0.2, 0.25) is 5.91 Å². The van der Waals surface area contributed by atoms with Crippen molar-refractivity contribution in [1.29, 1.82) is 0 Å². The minimum absolute atomic E-state index is 0.000581. The van der Waals surface area contributed by atoms with E-state index in [0.29, 0.717) is 5.56 Å². The van der Waals surface area contributed by atoms with Crippen molar-refractivity contribution in [2.24, 2.45) is 0 Å². The van der Waals surface area contributed by atoms with E-state index >= 15 is 0 Å². The zero-order chi connectivity index (χ0) is 23.1. The zero-order valence-corrected chi connectivity index (χ0v) is 17.3. The van der Waals surface area contributed by atoms with Crippen molar-refractivity contribution in [3.8, 4) is 0 Å². The summed E-state index contributed by atoms with van der Waals surface area (Å²) in [5, 5.41) is 7.67. The molecule has 3 rings (SSSR count). The second-order valence-electron chi connectivity index (χ2n) is 7.20. The van der Waals surface area contributed by atoms with Crippen molar-refractivity contribution in [3.05, 3.63) is 95.1 Å². The highest BCUT2D eigenvalue weighted by Crippen LogP contribution is 2.36. The first-order valence-corrected chi connectivity index (χ1v) is 9.86. The number of anilines is 2. The Balaban J connectivity index is 1.65. The molecule has 0 saturated heterocycles. The molecule has 0 aliphatic heterocycles. The van der Waals surface area contributed by atoms with Crippen LogP contribution < -0.4 is 16.0 Å². The van der Waals surface area contributed by atoms with Crippen molar-refractivity contribution in [1.82, 2.24) is 5.32 Å². The molecule has 0 fully saturated rings. The maximum Gasteiger partial charge on any atom is 0.418 e. The monoisotopic (exact) mass is 441 g/mol. The van der Waals surface area contributed by atoms with Crippen molar-refractivity contribution < 1.29 is 22.8 Å². The van der Waals surface area contributed by atoms with Crippen molar-refractivity contribution in [2.45, 2.75) is 19.6 Å². The second kappa shape index (κ2) is 10.00. The Hall–Kier alpha value is -3.81. The number of carbonyl (C=O) groups is 2. The topological polar surface area (TPSA) is 70.2 Å². The van der Waals surface area contributed by atoms with Gasteiger partial charge in [0.1, 0.15) is 0 Å². The van der Waals surface area contributed by atoms with Crippen LogP contribution in [0.15, 0.2) is 72.8 Å². The number of alkyl halides is 3. The summed E-state index contributed by atoms with van der Waals surface area (Å²) in [6.07, 6.45) is -4.67. The summed E-state index contributed by atoms with van der Waals surface area (Å²) >= 11 is 0. The van der Waals surface area contributed by atoms with E-state index in [9.17, 15) is 22.8 Å². The Labute approximate surface area is 183 Å². The van der Waals surface area contributed by atoms with Crippen LogP contribution in [0.2, 0.25) is 0 Å². The van der Waals surface area contributed by atoms with Crippen molar-refractivity contribution in [2.75, 3.05) is 17.2 Å². The fourth-order valence-electron chi connectivity index (χ4n) is 3.06. The number of aryl methyl sites for hydroxylation is 1. The SMILES string of the molecule is Cc1cccc(CNC(=O)CNc2ccc(NC(=O)c3ccccc3)cc2C(F)(F)F)c1. The fourth-order valence-corrected chi connectivity index (χ4v) is 3.06. The van der Waals surface area contributed by atoms with Crippen LogP contribution in [0.4, 0.5) is 24.5 Å². The van der Waals surface area contributed by atoms with E-state index in [1.165, 1.54) is 12.1 Å². The standard InChI is InChI=1S/C24H22F3N3O2/c1-16-6-5-7-17(12-16)14-29-22(31)15-28-21-11-10-19(13-20(21)24(25,26)27)30-23(32)18-8-3-2-4-9-18/h2-13,28H,14-15H2,1H3,(H,29,31)(H,30,32). The molecule has 8 heteroatoms.